The highest BCUT2D eigenvalue weighted by Gasteiger charge is 2.27. The number of carbonyl (C=O) groups excluding carboxylic acids is 2. The number of hydrogen-bond donors (Lipinski definition) is 1. The quantitative estimate of drug-likeness (QED) is 0.281. The first-order valence-electron chi connectivity index (χ1n) is 9.16. The Balaban J connectivity index is 2.07. The Morgan fingerprint density at radius 1 is 1.06 bits per heavy atom. The van der Waals surface area contributed by atoms with Gasteiger partial charge in [-0.1, -0.05) is 36.4 Å². The minimum Gasteiger partial charge on any atom is -0.463 e. The van der Waals surface area contributed by atoms with Crippen LogP contribution in [0.1, 0.15) is 21.0 Å². The molecule has 2 aromatic heterocycles. The number of esters is 1. The largest absolute Gasteiger partial charge is 0.463 e. The fourth-order valence-corrected chi connectivity index (χ4v) is 3.19. The predicted octanol–water partition coefficient (Wildman–Crippen LogP) is 2.83. The monoisotopic (exact) mass is 437 g/mol. The molecule has 9 nitrogen and oxygen atoms in total. The zero-order chi connectivity index (χ0) is 22.0. The van der Waals surface area contributed by atoms with Crippen molar-refractivity contribution in [3.63, 3.8) is 0 Å². The highest BCUT2D eigenvalue weighted by atomic mass is 35.5. The highest BCUT2D eigenvalue weighted by Crippen LogP contribution is 2.21. The SMILES string of the molecule is COC(=O)c1nn(-c2ccccc2)c2nc(Nc3ccccc3)c(C(=O)CCl)c(=O)n12. The van der Waals surface area contributed by atoms with E-state index in [4.69, 9.17) is 16.3 Å². The van der Waals surface area contributed by atoms with Crippen molar-refractivity contribution in [2.24, 2.45) is 0 Å². The van der Waals surface area contributed by atoms with Crippen LogP contribution in [0.3, 0.4) is 0 Å². The summed E-state index contributed by atoms with van der Waals surface area (Å²) < 4.78 is 7.06. The topological polar surface area (TPSA) is 108 Å². The Hall–Kier alpha value is -3.98. The van der Waals surface area contributed by atoms with Crippen molar-refractivity contribution >= 4 is 40.6 Å². The highest BCUT2D eigenvalue weighted by molar-refractivity contribution is 6.31. The van der Waals surface area contributed by atoms with Crippen LogP contribution in [0.25, 0.3) is 11.5 Å². The molecular weight excluding hydrogens is 422 g/mol. The molecule has 1 N–H and O–H groups in total. The maximum absolute atomic E-state index is 13.4. The van der Waals surface area contributed by atoms with Crippen molar-refractivity contribution in [2.75, 3.05) is 18.3 Å². The van der Waals surface area contributed by atoms with Crippen LogP contribution >= 0.6 is 11.6 Å². The van der Waals surface area contributed by atoms with Gasteiger partial charge in [0, 0.05) is 5.69 Å². The second kappa shape index (κ2) is 8.41. The molecular formula is C21H16ClN5O4. The minimum absolute atomic E-state index is 0.00958. The molecule has 0 aliphatic heterocycles. The van der Waals surface area contributed by atoms with E-state index in [0.717, 1.165) is 4.40 Å². The van der Waals surface area contributed by atoms with Crippen molar-refractivity contribution in [3.8, 4) is 5.69 Å². The van der Waals surface area contributed by atoms with Gasteiger partial charge in [-0.3, -0.25) is 9.59 Å². The van der Waals surface area contributed by atoms with Gasteiger partial charge in [-0.15, -0.1) is 16.7 Å². The molecule has 0 fully saturated rings. The van der Waals surface area contributed by atoms with Crippen LogP contribution in [-0.2, 0) is 4.74 Å². The molecule has 0 saturated heterocycles. The average Bonchev–Trinajstić information content (AvgIpc) is 3.19. The molecule has 10 heteroatoms. The fraction of sp³-hybridized carbons (Fsp3) is 0.0952. The van der Waals surface area contributed by atoms with Gasteiger partial charge in [0.1, 0.15) is 5.56 Å². The third-order valence-corrected chi connectivity index (χ3v) is 4.71. The lowest BCUT2D eigenvalue weighted by Gasteiger charge is -2.11. The molecule has 0 radical (unpaired) electrons. The Morgan fingerprint density at radius 3 is 2.32 bits per heavy atom. The minimum atomic E-state index is -0.850. The van der Waals surface area contributed by atoms with Gasteiger partial charge in [0.05, 0.1) is 18.7 Å². The molecule has 31 heavy (non-hydrogen) atoms. The number of rotatable bonds is 6. The molecule has 2 heterocycles. The van der Waals surface area contributed by atoms with Gasteiger partial charge >= 0.3 is 5.97 Å². The average molecular weight is 438 g/mol. The van der Waals surface area contributed by atoms with E-state index in [1.165, 1.54) is 11.8 Å². The van der Waals surface area contributed by atoms with Gasteiger partial charge < -0.3 is 10.1 Å². The van der Waals surface area contributed by atoms with E-state index in [0.29, 0.717) is 11.4 Å². The lowest BCUT2D eigenvalue weighted by atomic mass is 10.2. The van der Waals surface area contributed by atoms with Crippen LogP contribution in [0.4, 0.5) is 11.5 Å². The van der Waals surface area contributed by atoms with E-state index >= 15 is 0 Å². The molecule has 4 rings (SSSR count). The molecule has 0 amide bonds. The number of halogens is 1. The summed E-state index contributed by atoms with van der Waals surface area (Å²) in [6, 6.07) is 17.8. The molecule has 0 aliphatic rings. The molecule has 2 aromatic carbocycles. The summed E-state index contributed by atoms with van der Waals surface area (Å²) in [5.41, 5.74) is 0.108. The first-order chi connectivity index (χ1) is 15.0. The summed E-state index contributed by atoms with van der Waals surface area (Å²) in [5, 5.41) is 7.23. The van der Waals surface area contributed by atoms with E-state index in [1.807, 2.05) is 12.1 Å². The first-order valence-corrected chi connectivity index (χ1v) is 9.69. The van der Waals surface area contributed by atoms with Crippen molar-refractivity contribution in [2.45, 2.75) is 0 Å². The molecule has 0 aliphatic carbocycles. The van der Waals surface area contributed by atoms with Crippen LogP contribution in [0, 0.1) is 0 Å². The number of Topliss-reactive ketones (excluding diaryl/α,β-unsaturated/α-hetero) is 1. The number of nitrogens with zero attached hydrogens (tertiary/aromatic N) is 4. The van der Waals surface area contributed by atoms with E-state index in [1.54, 1.807) is 48.5 Å². The van der Waals surface area contributed by atoms with Crippen LogP contribution < -0.4 is 10.9 Å². The fourth-order valence-electron chi connectivity index (χ4n) is 3.06. The summed E-state index contributed by atoms with van der Waals surface area (Å²) in [6.07, 6.45) is 0. The van der Waals surface area contributed by atoms with Gasteiger partial charge in [-0.25, -0.2) is 9.20 Å². The number of ketones is 1. The molecule has 0 spiro atoms. The second-order valence-electron chi connectivity index (χ2n) is 6.39. The number of ether oxygens (including phenoxy) is 1. The van der Waals surface area contributed by atoms with Crippen LogP contribution in [-0.4, -0.2) is 43.9 Å². The lowest BCUT2D eigenvalue weighted by Crippen LogP contribution is -2.28. The summed E-state index contributed by atoms with van der Waals surface area (Å²) in [6.45, 7) is 0. The Labute approximate surface area is 180 Å². The van der Waals surface area contributed by atoms with Crippen molar-refractivity contribution in [1.82, 2.24) is 19.2 Å². The van der Waals surface area contributed by atoms with E-state index in [2.05, 4.69) is 15.4 Å². The normalized spacial score (nSPS) is 10.8. The van der Waals surface area contributed by atoms with Gasteiger partial charge in [-0.2, -0.15) is 9.67 Å². The number of aromatic nitrogens is 4. The number of alkyl halides is 1. The number of fused-ring (bicyclic) bond motifs is 1. The van der Waals surface area contributed by atoms with Crippen molar-refractivity contribution in [3.05, 3.63) is 82.4 Å². The van der Waals surface area contributed by atoms with E-state index in [9.17, 15) is 14.4 Å². The Kier molecular flexibility index (Phi) is 5.50. The summed E-state index contributed by atoms with van der Waals surface area (Å²) in [4.78, 5) is 42.7. The van der Waals surface area contributed by atoms with Crippen molar-refractivity contribution in [1.29, 1.82) is 0 Å². The Morgan fingerprint density at radius 2 is 1.71 bits per heavy atom. The number of nitrogens with one attached hydrogen (secondary N) is 1. The molecule has 0 saturated carbocycles. The maximum Gasteiger partial charge on any atom is 0.376 e. The van der Waals surface area contributed by atoms with Gasteiger partial charge in [0.15, 0.2) is 11.6 Å². The number of carbonyl (C=O) groups is 2. The van der Waals surface area contributed by atoms with Crippen LogP contribution in [0.15, 0.2) is 65.5 Å². The van der Waals surface area contributed by atoms with Crippen molar-refractivity contribution < 1.29 is 14.3 Å². The summed E-state index contributed by atoms with van der Waals surface area (Å²) in [5.74, 6) is -2.20. The first kappa shape index (κ1) is 20.3. The number of hydrogen-bond acceptors (Lipinski definition) is 7. The van der Waals surface area contributed by atoms with Gasteiger partial charge in [0.25, 0.3) is 5.56 Å². The van der Waals surface area contributed by atoms with Gasteiger partial charge in [-0.05, 0) is 24.3 Å². The predicted molar refractivity (Wildman–Crippen MR) is 115 cm³/mol. The number of anilines is 2. The third kappa shape index (κ3) is 3.66. The smallest absolute Gasteiger partial charge is 0.376 e. The number of methoxy groups -OCH3 is 1. The maximum atomic E-state index is 13.4. The Bertz CT molecular complexity index is 1330. The zero-order valence-corrected chi connectivity index (χ0v) is 17.0. The third-order valence-electron chi connectivity index (χ3n) is 4.47. The summed E-state index contributed by atoms with van der Waals surface area (Å²) >= 11 is 5.75. The van der Waals surface area contributed by atoms with Gasteiger partial charge in [0.2, 0.25) is 11.6 Å². The molecule has 0 unspecified atom stereocenters. The molecule has 156 valence electrons. The molecule has 0 bridgehead atoms. The van der Waals surface area contributed by atoms with Crippen LogP contribution in [0.5, 0.6) is 0 Å². The standard InChI is InChI=1S/C21H16ClN5O4/c1-31-20(30)18-25-27(14-10-6-3-7-11-14)21-24-17(23-13-8-4-2-5-9-13)16(15(28)12-22)19(29)26(18)21/h2-11,23H,12H2,1H3. The second-order valence-corrected chi connectivity index (χ2v) is 6.65. The molecule has 0 atom stereocenters. The lowest BCUT2D eigenvalue weighted by molar-refractivity contribution is 0.0584. The van der Waals surface area contributed by atoms with E-state index in [-0.39, 0.29) is 23.0 Å². The zero-order valence-electron chi connectivity index (χ0n) is 16.3. The summed E-state index contributed by atoms with van der Waals surface area (Å²) in [7, 11) is 1.17. The van der Waals surface area contributed by atoms with Crippen LogP contribution in [0.2, 0.25) is 0 Å². The molecule has 4 aromatic rings. The number of benzene rings is 2. The number of para-hydroxylation sites is 2. The van der Waals surface area contributed by atoms with E-state index < -0.39 is 23.2 Å².